The first-order chi connectivity index (χ1) is 11.9. The van der Waals surface area contributed by atoms with Gasteiger partial charge in [-0.1, -0.05) is 23.2 Å². The molecular weight excluding hydrogens is 369 g/mol. The van der Waals surface area contributed by atoms with Crippen molar-refractivity contribution in [1.29, 1.82) is 5.26 Å². The SMILES string of the molecule is N#C/C(=C/Nc1cccnc1Cl)C(=O)Nc1ccc(Cl)c([N+](=O)[O-])c1. The Kier molecular flexibility index (Phi) is 5.89. The molecule has 126 valence electrons. The Hall–Kier alpha value is -3.15. The van der Waals surface area contributed by atoms with Gasteiger partial charge in [-0.25, -0.2) is 4.98 Å². The van der Waals surface area contributed by atoms with Crippen LogP contribution in [0.15, 0.2) is 48.3 Å². The van der Waals surface area contributed by atoms with Crippen molar-refractivity contribution in [3.63, 3.8) is 0 Å². The number of aromatic nitrogens is 1. The van der Waals surface area contributed by atoms with Gasteiger partial charge in [-0.15, -0.1) is 0 Å². The van der Waals surface area contributed by atoms with E-state index in [4.69, 9.17) is 28.5 Å². The summed E-state index contributed by atoms with van der Waals surface area (Å²) in [6, 6.07) is 8.72. The second-order valence-corrected chi connectivity index (χ2v) is 5.30. The Balaban J connectivity index is 2.17. The van der Waals surface area contributed by atoms with Crippen molar-refractivity contribution in [3.05, 3.63) is 68.6 Å². The molecule has 0 saturated heterocycles. The van der Waals surface area contributed by atoms with Crippen LogP contribution in [0.5, 0.6) is 0 Å². The lowest BCUT2D eigenvalue weighted by Crippen LogP contribution is -2.14. The third-order valence-electron chi connectivity index (χ3n) is 2.90. The largest absolute Gasteiger partial charge is 0.358 e. The summed E-state index contributed by atoms with van der Waals surface area (Å²) in [5, 5.41) is 25.2. The van der Waals surface area contributed by atoms with E-state index in [0.29, 0.717) is 5.69 Å². The Bertz CT molecular complexity index is 908. The fraction of sp³-hybridized carbons (Fsp3) is 0. The monoisotopic (exact) mass is 377 g/mol. The number of carbonyl (C=O) groups excluding carboxylic acids is 1. The van der Waals surface area contributed by atoms with Gasteiger partial charge in [-0.2, -0.15) is 5.26 Å². The molecule has 0 saturated carbocycles. The fourth-order valence-corrected chi connectivity index (χ4v) is 2.08. The highest BCUT2D eigenvalue weighted by atomic mass is 35.5. The quantitative estimate of drug-likeness (QED) is 0.269. The molecule has 2 aromatic rings. The van der Waals surface area contributed by atoms with Crippen LogP contribution in [0.25, 0.3) is 0 Å². The van der Waals surface area contributed by atoms with Crippen molar-refractivity contribution >= 4 is 46.2 Å². The Morgan fingerprint density at radius 3 is 2.76 bits per heavy atom. The topological polar surface area (TPSA) is 121 Å². The Morgan fingerprint density at radius 1 is 1.36 bits per heavy atom. The van der Waals surface area contributed by atoms with Crippen molar-refractivity contribution in [2.24, 2.45) is 0 Å². The van der Waals surface area contributed by atoms with Crippen LogP contribution < -0.4 is 10.6 Å². The minimum atomic E-state index is -0.758. The van der Waals surface area contributed by atoms with E-state index >= 15 is 0 Å². The van der Waals surface area contributed by atoms with Gasteiger partial charge in [0.1, 0.15) is 16.7 Å². The number of rotatable bonds is 5. The maximum Gasteiger partial charge on any atom is 0.289 e. The van der Waals surface area contributed by atoms with Gasteiger partial charge in [-0.05, 0) is 24.3 Å². The van der Waals surface area contributed by atoms with E-state index in [1.54, 1.807) is 18.2 Å². The van der Waals surface area contributed by atoms with E-state index in [-0.39, 0.29) is 27.1 Å². The summed E-state index contributed by atoms with van der Waals surface area (Å²) in [5.74, 6) is -0.758. The van der Waals surface area contributed by atoms with E-state index in [2.05, 4.69) is 15.6 Å². The molecule has 0 fully saturated rings. The van der Waals surface area contributed by atoms with Gasteiger partial charge in [0.2, 0.25) is 0 Å². The van der Waals surface area contributed by atoms with Gasteiger partial charge in [-0.3, -0.25) is 14.9 Å². The molecule has 1 aromatic carbocycles. The molecule has 0 spiro atoms. The molecule has 0 atom stereocenters. The number of anilines is 2. The van der Waals surface area contributed by atoms with Crippen LogP contribution in [0.4, 0.5) is 17.1 Å². The maximum absolute atomic E-state index is 12.1. The second kappa shape index (κ2) is 8.10. The molecule has 0 radical (unpaired) electrons. The normalized spacial score (nSPS) is 10.7. The summed E-state index contributed by atoms with van der Waals surface area (Å²) < 4.78 is 0. The smallest absolute Gasteiger partial charge is 0.289 e. The van der Waals surface area contributed by atoms with Gasteiger partial charge in [0.25, 0.3) is 11.6 Å². The van der Waals surface area contributed by atoms with Crippen molar-refractivity contribution in [3.8, 4) is 6.07 Å². The molecular formula is C15H9Cl2N5O3. The third-order valence-corrected chi connectivity index (χ3v) is 3.52. The second-order valence-electron chi connectivity index (χ2n) is 4.53. The highest BCUT2D eigenvalue weighted by Gasteiger charge is 2.15. The zero-order chi connectivity index (χ0) is 18.4. The van der Waals surface area contributed by atoms with E-state index in [1.165, 1.54) is 18.3 Å². The third kappa shape index (κ3) is 4.67. The van der Waals surface area contributed by atoms with Gasteiger partial charge in [0.15, 0.2) is 5.15 Å². The van der Waals surface area contributed by atoms with Gasteiger partial charge >= 0.3 is 0 Å². The number of nitro benzene ring substituents is 1. The van der Waals surface area contributed by atoms with Crippen molar-refractivity contribution in [2.75, 3.05) is 10.6 Å². The predicted molar refractivity (Wildman–Crippen MR) is 93.3 cm³/mol. The van der Waals surface area contributed by atoms with Crippen LogP contribution in [0.3, 0.4) is 0 Å². The number of nitro groups is 1. The van der Waals surface area contributed by atoms with Gasteiger partial charge < -0.3 is 10.6 Å². The van der Waals surface area contributed by atoms with Crippen molar-refractivity contribution < 1.29 is 9.72 Å². The standard InChI is InChI=1S/C15H9Cl2N5O3/c16-11-4-3-10(6-13(11)22(24)25)21-15(23)9(7-18)8-20-12-2-1-5-19-14(12)17/h1-6,8,20H,(H,21,23)/b9-8-. The summed E-state index contributed by atoms with van der Waals surface area (Å²) >= 11 is 11.6. The van der Waals surface area contributed by atoms with Crippen molar-refractivity contribution in [2.45, 2.75) is 0 Å². The Labute approximate surface area is 151 Å². The molecule has 0 aliphatic heterocycles. The lowest BCUT2D eigenvalue weighted by molar-refractivity contribution is -0.384. The minimum Gasteiger partial charge on any atom is -0.358 e. The molecule has 25 heavy (non-hydrogen) atoms. The first-order valence-electron chi connectivity index (χ1n) is 6.65. The van der Waals surface area contributed by atoms with Crippen LogP contribution in [0, 0.1) is 21.4 Å². The first kappa shape index (κ1) is 18.2. The zero-order valence-corrected chi connectivity index (χ0v) is 13.9. The van der Waals surface area contributed by atoms with Gasteiger partial charge in [0.05, 0.1) is 10.6 Å². The average Bonchev–Trinajstić information content (AvgIpc) is 2.58. The molecule has 0 unspecified atom stereocenters. The van der Waals surface area contributed by atoms with E-state index < -0.39 is 10.8 Å². The number of pyridine rings is 1. The molecule has 2 N–H and O–H groups in total. The van der Waals surface area contributed by atoms with E-state index in [1.807, 2.05) is 0 Å². The number of halogens is 2. The number of nitrogens with zero attached hydrogens (tertiary/aromatic N) is 3. The number of amides is 1. The fourth-order valence-electron chi connectivity index (χ4n) is 1.72. The average molecular weight is 378 g/mol. The van der Waals surface area contributed by atoms with E-state index in [9.17, 15) is 14.9 Å². The number of hydrogen-bond acceptors (Lipinski definition) is 6. The molecule has 1 aromatic heterocycles. The first-order valence-corrected chi connectivity index (χ1v) is 7.40. The highest BCUT2D eigenvalue weighted by Crippen LogP contribution is 2.27. The van der Waals surface area contributed by atoms with Crippen LogP contribution in [-0.4, -0.2) is 15.8 Å². The number of nitriles is 1. The summed E-state index contributed by atoms with van der Waals surface area (Å²) in [5.41, 5.74) is -0.0896. The maximum atomic E-state index is 12.1. The number of carbonyl (C=O) groups is 1. The Morgan fingerprint density at radius 2 is 2.12 bits per heavy atom. The molecule has 1 amide bonds. The van der Waals surface area contributed by atoms with E-state index in [0.717, 1.165) is 12.3 Å². The summed E-state index contributed by atoms with van der Waals surface area (Å²) in [4.78, 5) is 26.1. The number of benzene rings is 1. The van der Waals surface area contributed by atoms with Crippen LogP contribution in [-0.2, 0) is 4.79 Å². The lowest BCUT2D eigenvalue weighted by atomic mass is 10.2. The molecule has 0 aliphatic carbocycles. The number of nitrogens with one attached hydrogen (secondary N) is 2. The molecule has 10 heteroatoms. The predicted octanol–water partition coefficient (Wildman–Crippen LogP) is 3.75. The molecule has 8 nitrogen and oxygen atoms in total. The van der Waals surface area contributed by atoms with Crippen molar-refractivity contribution in [1.82, 2.24) is 4.98 Å². The van der Waals surface area contributed by atoms with Crippen LogP contribution >= 0.6 is 23.2 Å². The van der Waals surface area contributed by atoms with Crippen LogP contribution in [0.1, 0.15) is 0 Å². The number of hydrogen-bond donors (Lipinski definition) is 2. The summed E-state index contributed by atoms with van der Waals surface area (Å²) in [6.45, 7) is 0. The molecule has 1 heterocycles. The zero-order valence-electron chi connectivity index (χ0n) is 12.4. The molecule has 2 rings (SSSR count). The molecule has 0 bridgehead atoms. The van der Waals surface area contributed by atoms with Gasteiger partial charge in [0, 0.05) is 24.2 Å². The minimum absolute atomic E-state index is 0.0630. The summed E-state index contributed by atoms with van der Waals surface area (Å²) in [7, 11) is 0. The highest BCUT2D eigenvalue weighted by molar-refractivity contribution is 6.33. The van der Waals surface area contributed by atoms with Crippen LogP contribution in [0.2, 0.25) is 10.2 Å². The summed E-state index contributed by atoms with van der Waals surface area (Å²) in [6.07, 6.45) is 2.64. The molecule has 0 aliphatic rings. The lowest BCUT2D eigenvalue weighted by Gasteiger charge is -2.06.